The molecule has 33 heavy (non-hydrogen) atoms. The summed E-state index contributed by atoms with van der Waals surface area (Å²) < 4.78 is 9.29. The van der Waals surface area contributed by atoms with Crippen molar-refractivity contribution in [2.75, 3.05) is 7.11 Å². The molecule has 4 aromatic rings. The molecule has 0 radical (unpaired) electrons. The third kappa shape index (κ3) is 4.00. The van der Waals surface area contributed by atoms with Gasteiger partial charge in [-0.25, -0.2) is 14.3 Å². The third-order valence-electron chi connectivity index (χ3n) is 5.74. The summed E-state index contributed by atoms with van der Waals surface area (Å²) in [6, 6.07) is 14.5. The molecule has 8 nitrogen and oxygen atoms in total. The Kier molecular flexibility index (Phi) is 6.00. The predicted octanol–water partition coefficient (Wildman–Crippen LogP) is 3.38. The summed E-state index contributed by atoms with van der Waals surface area (Å²) in [5.41, 5.74) is 1.72. The predicted molar refractivity (Wildman–Crippen MR) is 127 cm³/mol. The summed E-state index contributed by atoms with van der Waals surface area (Å²) in [6.45, 7) is 6.04. The molecule has 170 valence electrons. The van der Waals surface area contributed by atoms with Crippen molar-refractivity contribution in [3.05, 3.63) is 86.8 Å². The quantitative estimate of drug-likeness (QED) is 0.406. The average Bonchev–Trinajstić information content (AvgIpc) is 3.23. The summed E-state index contributed by atoms with van der Waals surface area (Å²) in [6.07, 6.45) is 1.43. The number of imidazole rings is 1. The highest BCUT2D eigenvalue weighted by molar-refractivity contribution is 5.96. The Labute approximate surface area is 190 Å². The fourth-order valence-corrected chi connectivity index (χ4v) is 3.86. The first-order valence-electron chi connectivity index (χ1n) is 10.8. The molecule has 0 saturated carbocycles. The van der Waals surface area contributed by atoms with Crippen LogP contribution in [0.25, 0.3) is 16.9 Å². The zero-order valence-corrected chi connectivity index (χ0v) is 19.1. The second-order valence-corrected chi connectivity index (χ2v) is 8.11. The van der Waals surface area contributed by atoms with Gasteiger partial charge in [0.25, 0.3) is 5.56 Å². The van der Waals surface area contributed by atoms with Crippen molar-refractivity contribution in [1.82, 2.24) is 18.7 Å². The number of rotatable bonds is 7. The Hall–Kier alpha value is -3.94. The van der Waals surface area contributed by atoms with E-state index in [9.17, 15) is 14.4 Å². The van der Waals surface area contributed by atoms with E-state index in [0.29, 0.717) is 22.9 Å². The molecule has 0 spiro atoms. The molecule has 0 amide bonds. The summed E-state index contributed by atoms with van der Waals surface area (Å²) in [4.78, 5) is 43.6. The molecule has 0 saturated heterocycles. The minimum absolute atomic E-state index is 0.0902. The van der Waals surface area contributed by atoms with Crippen LogP contribution in [0.3, 0.4) is 0 Å². The Morgan fingerprint density at radius 2 is 1.82 bits per heavy atom. The highest BCUT2D eigenvalue weighted by Gasteiger charge is 2.20. The van der Waals surface area contributed by atoms with Crippen molar-refractivity contribution in [2.24, 2.45) is 0 Å². The van der Waals surface area contributed by atoms with Crippen LogP contribution in [-0.2, 0) is 13.1 Å². The topological polar surface area (TPSA) is 88.1 Å². The van der Waals surface area contributed by atoms with Crippen LogP contribution in [0.2, 0.25) is 0 Å². The first-order valence-corrected chi connectivity index (χ1v) is 10.8. The normalized spacial score (nSPS) is 11.3. The van der Waals surface area contributed by atoms with Crippen LogP contribution in [0, 0.1) is 0 Å². The second-order valence-electron chi connectivity index (χ2n) is 8.11. The van der Waals surface area contributed by atoms with Crippen LogP contribution >= 0.6 is 0 Å². The molecule has 0 atom stereocenters. The van der Waals surface area contributed by atoms with Crippen LogP contribution in [0.4, 0.5) is 0 Å². The fraction of sp³-hybridized carbons (Fsp3) is 0.280. The summed E-state index contributed by atoms with van der Waals surface area (Å²) in [5, 5.41) is 0. The van der Waals surface area contributed by atoms with Gasteiger partial charge in [0.1, 0.15) is 5.75 Å². The Bertz CT molecular complexity index is 1440. The maximum absolute atomic E-state index is 13.2. The monoisotopic (exact) mass is 446 g/mol. The summed E-state index contributed by atoms with van der Waals surface area (Å²) in [7, 11) is 1.53. The lowest BCUT2D eigenvalue weighted by atomic mass is 10.0. The van der Waals surface area contributed by atoms with Crippen molar-refractivity contribution >= 4 is 16.9 Å². The van der Waals surface area contributed by atoms with E-state index >= 15 is 0 Å². The number of hydrogen-bond donors (Lipinski definition) is 0. The van der Waals surface area contributed by atoms with Gasteiger partial charge in [-0.1, -0.05) is 38.1 Å². The number of ether oxygens (including phenoxy) is 1. The standard InChI is InChI=1S/C25H26N4O4/c1-5-28-24(31)22-23(29(25(28)32)19-11-9-17(10-12-19)16(2)3)26-15-27(22)14-21(30)18-7-6-8-20(13-18)33-4/h6-13,15-16H,5,14H2,1-4H3. The number of ketones is 1. The highest BCUT2D eigenvalue weighted by atomic mass is 16.5. The number of methoxy groups -OCH3 is 1. The number of Topliss-reactive ketones (excluding diaryl/α,β-unsaturated/α-hetero) is 1. The molecular formula is C25H26N4O4. The number of aromatic nitrogens is 4. The lowest BCUT2D eigenvalue weighted by molar-refractivity contribution is 0.0973. The maximum atomic E-state index is 13.2. The van der Waals surface area contributed by atoms with Gasteiger partial charge in [0.2, 0.25) is 0 Å². The Morgan fingerprint density at radius 1 is 1.09 bits per heavy atom. The number of carbonyl (C=O) groups excluding carboxylic acids is 1. The van der Waals surface area contributed by atoms with Gasteiger partial charge in [-0.2, -0.15) is 0 Å². The molecule has 8 heteroatoms. The SMILES string of the molecule is CCn1c(=O)c2c(ncn2CC(=O)c2cccc(OC)c2)n(-c2ccc(C(C)C)cc2)c1=O. The van der Waals surface area contributed by atoms with E-state index in [1.54, 1.807) is 31.2 Å². The van der Waals surface area contributed by atoms with Gasteiger partial charge in [-0.05, 0) is 42.7 Å². The number of nitrogens with zero attached hydrogens (tertiary/aromatic N) is 4. The van der Waals surface area contributed by atoms with E-state index in [1.807, 2.05) is 24.3 Å². The molecule has 0 aliphatic carbocycles. The lowest BCUT2D eigenvalue weighted by Gasteiger charge is -2.13. The third-order valence-corrected chi connectivity index (χ3v) is 5.74. The van der Waals surface area contributed by atoms with E-state index in [2.05, 4.69) is 18.8 Å². The smallest absolute Gasteiger partial charge is 0.337 e. The van der Waals surface area contributed by atoms with Gasteiger partial charge in [-0.15, -0.1) is 0 Å². The summed E-state index contributed by atoms with van der Waals surface area (Å²) in [5.74, 6) is 0.722. The molecule has 0 N–H and O–H groups in total. The molecule has 2 heterocycles. The van der Waals surface area contributed by atoms with E-state index in [1.165, 1.54) is 22.6 Å². The number of carbonyl (C=O) groups is 1. The molecule has 0 unspecified atom stereocenters. The van der Waals surface area contributed by atoms with E-state index in [-0.39, 0.29) is 30.0 Å². The Balaban J connectivity index is 1.85. The molecule has 4 rings (SSSR count). The summed E-state index contributed by atoms with van der Waals surface area (Å²) >= 11 is 0. The number of hydrogen-bond acceptors (Lipinski definition) is 5. The molecule has 2 aromatic carbocycles. The molecule has 2 aromatic heterocycles. The van der Waals surface area contributed by atoms with Crippen molar-refractivity contribution in [3.63, 3.8) is 0 Å². The van der Waals surface area contributed by atoms with Gasteiger partial charge in [-0.3, -0.25) is 14.2 Å². The van der Waals surface area contributed by atoms with Gasteiger partial charge in [0.15, 0.2) is 16.9 Å². The average molecular weight is 447 g/mol. The van der Waals surface area contributed by atoms with Crippen LogP contribution < -0.4 is 16.0 Å². The zero-order chi connectivity index (χ0) is 23.7. The zero-order valence-electron chi connectivity index (χ0n) is 19.1. The van der Waals surface area contributed by atoms with Gasteiger partial charge < -0.3 is 9.30 Å². The van der Waals surface area contributed by atoms with Crippen LogP contribution in [-0.4, -0.2) is 31.6 Å². The fourth-order valence-electron chi connectivity index (χ4n) is 3.86. The highest BCUT2D eigenvalue weighted by Crippen LogP contribution is 2.19. The Morgan fingerprint density at radius 3 is 2.45 bits per heavy atom. The van der Waals surface area contributed by atoms with Crippen LogP contribution in [0.15, 0.2) is 64.4 Å². The maximum Gasteiger partial charge on any atom is 0.337 e. The van der Waals surface area contributed by atoms with Crippen LogP contribution in [0.1, 0.15) is 42.6 Å². The van der Waals surface area contributed by atoms with Gasteiger partial charge in [0, 0.05) is 12.1 Å². The van der Waals surface area contributed by atoms with Crippen molar-refractivity contribution in [3.8, 4) is 11.4 Å². The largest absolute Gasteiger partial charge is 0.497 e. The van der Waals surface area contributed by atoms with Crippen LogP contribution in [0.5, 0.6) is 5.75 Å². The van der Waals surface area contributed by atoms with E-state index in [0.717, 1.165) is 10.1 Å². The number of fused-ring (bicyclic) bond motifs is 1. The van der Waals surface area contributed by atoms with Gasteiger partial charge >= 0.3 is 5.69 Å². The van der Waals surface area contributed by atoms with Gasteiger partial charge in [0.05, 0.1) is 25.7 Å². The first kappa shape index (κ1) is 22.3. The minimum atomic E-state index is -0.469. The molecule has 0 bridgehead atoms. The van der Waals surface area contributed by atoms with Crippen molar-refractivity contribution < 1.29 is 9.53 Å². The molecule has 0 fully saturated rings. The second kappa shape index (κ2) is 8.90. The molecule has 0 aliphatic rings. The molecular weight excluding hydrogens is 420 g/mol. The van der Waals surface area contributed by atoms with Crippen molar-refractivity contribution in [2.45, 2.75) is 39.8 Å². The van der Waals surface area contributed by atoms with E-state index < -0.39 is 11.2 Å². The van der Waals surface area contributed by atoms with E-state index in [4.69, 9.17) is 4.74 Å². The minimum Gasteiger partial charge on any atom is -0.497 e. The first-order chi connectivity index (χ1) is 15.8. The molecule has 0 aliphatic heterocycles. The lowest BCUT2D eigenvalue weighted by Crippen LogP contribution is -2.39. The number of benzene rings is 2. The van der Waals surface area contributed by atoms with Crippen molar-refractivity contribution in [1.29, 1.82) is 0 Å².